The van der Waals surface area contributed by atoms with E-state index in [0.717, 1.165) is 37.3 Å². The van der Waals surface area contributed by atoms with Crippen molar-refractivity contribution in [1.82, 2.24) is 4.90 Å². The Morgan fingerprint density at radius 2 is 1.59 bits per heavy atom. The lowest BCUT2D eigenvalue weighted by Crippen LogP contribution is -2.40. The van der Waals surface area contributed by atoms with E-state index in [1.165, 1.54) is 25.7 Å². The molecule has 1 aliphatic rings. The molecule has 0 aromatic heterocycles. The minimum atomic E-state index is -0.0366. The maximum Gasteiger partial charge on any atom is 0.226 e. The molecule has 0 atom stereocenters. The van der Waals surface area contributed by atoms with Crippen molar-refractivity contribution in [3.63, 3.8) is 0 Å². The van der Waals surface area contributed by atoms with Gasteiger partial charge in [-0.3, -0.25) is 9.59 Å². The van der Waals surface area contributed by atoms with E-state index in [-0.39, 0.29) is 11.8 Å². The Balaban J connectivity index is 1.87. The van der Waals surface area contributed by atoms with Gasteiger partial charge in [0.05, 0.1) is 0 Å². The van der Waals surface area contributed by atoms with E-state index in [1.54, 1.807) is 6.92 Å². The number of nitrogens with one attached hydrogen (secondary N) is 1. The smallest absolute Gasteiger partial charge is 0.226 e. The average Bonchev–Trinajstić information content (AvgIpc) is 2.93. The maximum atomic E-state index is 12.4. The van der Waals surface area contributed by atoms with Crippen molar-refractivity contribution in [3.05, 3.63) is 24.3 Å². The fourth-order valence-electron chi connectivity index (χ4n) is 3.96. The van der Waals surface area contributed by atoms with Crippen LogP contribution in [0.25, 0.3) is 0 Å². The highest BCUT2D eigenvalue weighted by molar-refractivity contribution is 5.91. The summed E-state index contributed by atoms with van der Waals surface area (Å²) in [6.07, 6.45) is 7.34. The summed E-state index contributed by atoms with van der Waals surface area (Å²) >= 11 is 0. The third-order valence-electron chi connectivity index (χ3n) is 5.53. The summed E-state index contributed by atoms with van der Waals surface area (Å²) in [5.41, 5.74) is 1.97. The van der Waals surface area contributed by atoms with Crippen LogP contribution in [0.2, 0.25) is 0 Å². The molecule has 27 heavy (non-hydrogen) atoms. The van der Waals surface area contributed by atoms with Crippen LogP contribution >= 0.6 is 0 Å². The van der Waals surface area contributed by atoms with Crippen LogP contribution in [0.3, 0.4) is 0 Å². The molecule has 1 N–H and O–H groups in total. The van der Waals surface area contributed by atoms with E-state index >= 15 is 0 Å². The predicted octanol–water partition coefficient (Wildman–Crippen LogP) is 4.43. The van der Waals surface area contributed by atoms with Gasteiger partial charge >= 0.3 is 0 Å². The number of benzene rings is 1. The lowest BCUT2D eigenvalue weighted by Gasteiger charge is -2.30. The highest BCUT2D eigenvalue weighted by atomic mass is 16.2. The summed E-state index contributed by atoms with van der Waals surface area (Å²) in [7, 11) is 0. The summed E-state index contributed by atoms with van der Waals surface area (Å²) in [6.45, 7) is 8.31. The number of rotatable bonds is 8. The molecular weight excluding hydrogens is 338 g/mol. The van der Waals surface area contributed by atoms with Crippen LogP contribution in [0, 0.1) is 0 Å². The van der Waals surface area contributed by atoms with Crippen LogP contribution in [0.15, 0.2) is 24.3 Å². The van der Waals surface area contributed by atoms with E-state index in [4.69, 9.17) is 0 Å². The second-order valence-corrected chi connectivity index (χ2v) is 7.38. The molecule has 1 saturated carbocycles. The molecule has 1 fully saturated rings. The van der Waals surface area contributed by atoms with Crippen molar-refractivity contribution in [2.45, 2.75) is 71.8 Å². The van der Waals surface area contributed by atoms with Crippen molar-refractivity contribution in [3.8, 4) is 0 Å². The van der Waals surface area contributed by atoms with E-state index < -0.39 is 0 Å². The lowest BCUT2D eigenvalue weighted by atomic mass is 10.1. The van der Waals surface area contributed by atoms with Gasteiger partial charge in [0, 0.05) is 50.4 Å². The molecule has 5 heteroatoms. The number of carbonyl (C=O) groups excluding carboxylic acids is 2. The first kappa shape index (κ1) is 21.3. The summed E-state index contributed by atoms with van der Waals surface area (Å²) < 4.78 is 0. The molecule has 0 aliphatic heterocycles. The number of hydrogen-bond donors (Lipinski definition) is 1. The van der Waals surface area contributed by atoms with Gasteiger partial charge in [0.2, 0.25) is 11.8 Å². The SMILES string of the molecule is CCN(CC)c1ccc(NC(=O)CCN(C(C)=O)C2CCCCCC2)cc1. The zero-order valence-corrected chi connectivity index (χ0v) is 17.2. The Morgan fingerprint density at radius 3 is 2.11 bits per heavy atom. The Bertz CT molecular complexity index is 588. The Hall–Kier alpha value is -2.04. The molecule has 1 aromatic carbocycles. The van der Waals surface area contributed by atoms with E-state index in [2.05, 4.69) is 24.1 Å². The minimum absolute atomic E-state index is 0.0366. The van der Waals surface area contributed by atoms with Crippen LogP contribution in [0.5, 0.6) is 0 Å². The van der Waals surface area contributed by atoms with Crippen molar-refractivity contribution in [1.29, 1.82) is 0 Å². The molecule has 0 radical (unpaired) electrons. The zero-order chi connectivity index (χ0) is 19.6. The number of amides is 2. The highest BCUT2D eigenvalue weighted by Gasteiger charge is 2.22. The molecule has 1 aromatic rings. The normalized spacial score (nSPS) is 15.1. The van der Waals surface area contributed by atoms with Gasteiger partial charge in [-0.1, -0.05) is 25.7 Å². The van der Waals surface area contributed by atoms with Crippen molar-refractivity contribution in [2.75, 3.05) is 29.9 Å². The van der Waals surface area contributed by atoms with Crippen molar-refractivity contribution in [2.24, 2.45) is 0 Å². The third-order valence-corrected chi connectivity index (χ3v) is 5.53. The highest BCUT2D eigenvalue weighted by Crippen LogP contribution is 2.22. The summed E-state index contributed by atoms with van der Waals surface area (Å²) in [5, 5.41) is 2.96. The molecular formula is C22H35N3O2. The Kier molecular flexibility index (Phi) is 8.62. The van der Waals surface area contributed by atoms with Gasteiger partial charge in [-0.2, -0.15) is 0 Å². The molecule has 5 nitrogen and oxygen atoms in total. The predicted molar refractivity (Wildman–Crippen MR) is 112 cm³/mol. The van der Waals surface area contributed by atoms with Gasteiger partial charge in [-0.05, 0) is 51.0 Å². The summed E-state index contributed by atoms with van der Waals surface area (Å²) in [4.78, 5) is 28.6. The van der Waals surface area contributed by atoms with Gasteiger partial charge in [-0.25, -0.2) is 0 Å². The molecule has 0 saturated heterocycles. The fraction of sp³-hybridized carbons (Fsp3) is 0.636. The summed E-state index contributed by atoms with van der Waals surface area (Å²) in [5.74, 6) is 0.0451. The van der Waals surface area contributed by atoms with Gasteiger partial charge < -0.3 is 15.1 Å². The van der Waals surface area contributed by atoms with Crippen LogP contribution in [-0.4, -0.2) is 42.4 Å². The quantitative estimate of drug-likeness (QED) is 0.686. The Labute approximate surface area is 164 Å². The monoisotopic (exact) mass is 373 g/mol. The second-order valence-electron chi connectivity index (χ2n) is 7.38. The van der Waals surface area contributed by atoms with Crippen LogP contribution in [-0.2, 0) is 9.59 Å². The molecule has 1 aliphatic carbocycles. The van der Waals surface area contributed by atoms with E-state index in [1.807, 2.05) is 29.2 Å². The molecule has 150 valence electrons. The third kappa shape index (κ3) is 6.56. The van der Waals surface area contributed by atoms with Crippen LogP contribution < -0.4 is 10.2 Å². The van der Waals surface area contributed by atoms with Crippen LogP contribution in [0.4, 0.5) is 11.4 Å². The fourth-order valence-corrected chi connectivity index (χ4v) is 3.96. The number of hydrogen-bond acceptors (Lipinski definition) is 3. The largest absolute Gasteiger partial charge is 0.372 e. The molecule has 0 spiro atoms. The Morgan fingerprint density at radius 1 is 1.00 bits per heavy atom. The van der Waals surface area contributed by atoms with Gasteiger partial charge in [0.1, 0.15) is 0 Å². The first-order chi connectivity index (χ1) is 13.0. The molecule has 0 heterocycles. The molecule has 2 rings (SSSR count). The van der Waals surface area contributed by atoms with Gasteiger partial charge in [0.15, 0.2) is 0 Å². The van der Waals surface area contributed by atoms with Crippen LogP contribution in [0.1, 0.15) is 65.7 Å². The second kappa shape index (κ2) is 11.0. The number of anilines is 2. The average molecular weight is 374 g/mol. The topological polar surface area (TPSA) is 52.7 Å². The first-order valence-corrected chi connectivity index (χ1v) is 10.5. The maximum absolute atomic E-state index is 12.4. The van der Waals surface area contributed by atoms with E-state index in [9.17, 15) is 9.59 Å². The molecule has 2 amide bonds. The molecule has 0 unspecified atom stereocenters. The standard InChI is InChI=1S/C22H35N3O2/c1-4-24(5-2)20-14-12-19(13-15-20)23-22(27)16-17-25(18(3)26)21-10-8-6-7-9-11-21/h12-15,21H,4-11,16-17H2,1-3H3,(H,23,27). The molecule has 0 bridgehead atoms. The zero-order valence-electron chi connectivity index (χ0n) is 17.2. The van der Waals surface area contributed by atoms with Crippen molar-refractivity contribution < 1.29 is 9.59 Å². The van der Waals surface area contributed by atoms with Gasteiger partial charge in [0.25, 0.3) is 0 Å². The lowest BCUT2D eigenvalue weighted by molar-refractivity contribution is -0.131. The minimum Gasteiger partial charge on any atom is -0.372 e. The van der Waals surface area contributed by atoms with E-state index in [0.29, 0.717) is 19.0 Å². The first-order valence-electron chi connectivity index (χ1n) is 10.5. The number of carbonyl (C=O) groups is 2. The van der Waals surface area contributed by atoms with Gasteiger partial charge in [-0.15, -0.1) is 0 Å². The number of nitrogens with zero attached hydrogens (tertiary/aromatic N) is 2. The van der Waals surface area contributed by atoms with Crippen molar-refractivity contribution >= 4 is 23.2 Å². The summed E-state index contributed by atoms with van der Waals surface area (Å²) in [6, 6.07) is 8.26.